The number of carbonyl (C=O) groups excluding carboxylic acids is 1. The zero-order valence-corrected chi connectivity index (χ0v) is 14.4. The van der Waals surface area contributed by atoms with Crippen molar-refractivity contribution in [1.29, 1.82) is 0 Å². The van der Waals surface area contributed by atoms with Crippen LogP contribution in [0.2, 0.25) is 0 Å². The van der Waals surface area contributed by atoms with E-state index in [1.807, 2.05) is 0 Å². The van der Waals surface area contributed by atoms with E-state index in [1.165, 1.54) is 11.3 Å². The summed E-state index contributed by atoms with van der Waals surface area (Å²) in [5, 5.41) is 3.08. The minimum atomic E-state index is 0.0513. The number of morpholine rings is 1. The van der Waals surface area contributed by atoms with Crippen molar-refractivity contribution in [3.63, 3.8) is 0 Å². The lowest BCUT2D eigenvalue weighted by atomic mass is 10.1. The second-order valence-corrected chi connectivity index (χ2v) is 5.85. The largest absolute Gasteiger partial charge is 0.379 e. The van der Waals surface area contributed by atoms with Gasteiger partial charge in [-0.1, -0.05) is 6.92 Å². The Morgan fingerprint density at radius 3 is 2.50 bits per heavy atom. The van der Waals surface area contributed by atoms with Crippen molar-refractivity contribution in [3.8, 4) is 0 Å². The Kier molecular flexibility index (Phi) is 6.03. The molecule has 1 aliphatic rings. The SMILES string of the molecule is CCc1c(C)c(C(=O)NCCN2CCOCC2)n(CC)c1C. The highest BCUT2D eigenvalue weighted by Gasteiger charge is 2.21. The van der Waals surface area contributed by atoms with Crippen LogP contribution in [0.15, 0.2) is 0 Å². The highest BCUT2D eigenvalue weighted by Crippen LogP contribution is 2.22. The van der Waals surface area contributed by atoms with E-state index in [-0.39, 0.29) is 5.91 Å². The minimum Gasteiger partial charge on any atom is -0.379 e. The maximum Gasteiger partial charge on any atom is 0.268 e. The van der Waals surface area contributed by atoms with Crippen LogP contribution in [0.1, 0.15) is 41.2 Å². The van der Waals surface area contributed by atoms with Gasteiger partial charge < -0.3 is 14.6 Å². The number of nitrogens with zero attached hydrogens (tertiary/aromatic N) is 2. The van der Waals surface area contributed by atoms with Crippen LogP contribution in [0.5, 0.6) is 0 Å². The van der Waals surface area contributed by atoms with Gasteiger partial charge in [0.15, 0.2) is 0 Å². The predicted molar refractivity (Wildman–Crippen MR) is 88.6 cm³/mol. The first-order chi connectivity index (χ1) is 10.6. The fraction of sp³-hybridized carbons (Fsp3) is 0.706. The molecule has 1 amide bonds. The molecule has 2 heterocycles. The fourth-order valence-corrected chi connectivity index (χ4v) is 3.39. The van der Waals surface area contributed by atoms with Gasteiger partial charge in [0.05, 0.1) is 13.2 Å². The molecule has 5 heteroatoms. The molecule has 22 heavy (non-hydrogen) atoms. The van der Waals surface area contributed by atoms with E-state index in [9.17, 15) is 4.79 Å². The molecule has 0 aliphatic carbocycles. The Labute approximate surface area is 133 Å². The lowest BCUT2D eigenvalue weighted by Crippen LogP contribution is -2.41. The van der Waals surface area contributed by atoms with Crippen molar-refractivity contribution in [1.82, 2.24) is 14.8 Å². The number of nitrogens with one attached hydrogen (secondary N) is 1. The predicted octanol–water partition coefficient (Wildman–Crippen LogP) is 1.75. The summed E-state index contributed by atoms with van der Waals surface area (Å²) < 4.78 is 7.48. The van der Waals surface area contributed by atoms with Gasteiger partial charge in [-0.2, -0.15) is 0 Å². The molecule has 1 fully saturated rings. The molecule has 124 valence electrons. The Morgan fingerprint density at radius 2 is 1.91 bits per heavy atom. The maximum absolute atomic E-state index is 12.6. The Bertz CT molecular complexity index is 516. The summed E-state index contributed by atoms with van der Waals surface area (Å²) in [6.45, 7) is 14.3. The molecule has 1 N–H and O–H groups in total. The van der Waals surface area contributed by atoms with Crippen LogP contribution in [0.25, 0.3) is 0 Å². The molecule has 0 bridgehead atoms. The van der Waals surface area contributed by atoms with Crippen molar-refractivity contribution in [2.24, 2.45) is 0 Å². The van der Waals surface area contributed by atoms with Gasteiger partial charge in [0.2, 0.25) is 0 Å². The van der Waals surface area contributed by atoms with E-state index in [4.69, 9.17) is 4.74 Å². The smallest absolute Gasteiger partial charge is 0.268 e. The van der Waals surface area contributed by atoms with E-state index < -0.39 is 0 Å². The number of carbonyl (C=O) groups is 1. The second kappa shape index (κ2) is 7.79. The zero-order chi connectivity index (χ0) is 16.1. The quantitative estimate of drug-likeness (QED) is 0.871. The molecule has 5 nitrogen and oxygen atoms in total. The van der Waals surface area contributed by atoms with E-state index in [2.05, 4.69) is 42.5 Å². The van der Waals surface area contributed by atoms with Crippen molar-refractivity contribution >= 4 is 5.91 Å². The Balaban J connectivity index is 2.00. The maximum atomic E-state index is 12.6. The van der Waals surface area contributed by atoms with Gasteiger partial charge in [-0.3, -0.25) is 9.69 Å². The number of hydrogen-bond acceptors (Lipinski definition) is 3. The molecular weight excluding hydrogens is 278 g/mol. The molecule has 0 aromatic carbocycles. The summed E-state index contributed by atoms with van der Waals surface area (Å²) in [6, 6.07) is 0. The molecule has 1 aromatic rings. The van der Waals surface area contributed by atoms with Crippen LogP contribution in [-0.2, 0) is 17.7 Å². The summed E-state index contributed by atoms with van der Waals surface area (Å²) in [6.07, 6.45) is 0.971. The number of aromatic nitrogens is 1. The molecule has 0 spiro atoms. The van der Waals surface area contributed by atoms with Gasteiger partial charge in [-0.05, 0) is 38.3 Å². The lowest BCUT2D eigenvalue weighted by molar-refractivity contribution is 0.0383. The van der Waals surface area contributed by atoms with Crippen LogP contribution >= 0.6 is 0 Å². The number of rotatable bonds is 6. The first-order valence-electron chi connectivity index (χ1n) is 8.36. The van der Waals surface area contributed by atoms with Gasteiger partial charge >= 0.3 is 0 Å². The van der Waals surface area contributed by atoms with Crippen molar-refractivity contribution < 1.29 is 9.53 Å². The van der Waals surface area contributed by atoms with Gasteiger partial charge in [0.25, 0.3) is 5.91 Å². The highest BCUT2D eigenvalue weighted by molar-refractivity contribution is 5.95. The highest BCUT2D eigenvalue weighted by atomic mass is 16.5. The van der Waals surface area contributed by atoms with Crippen LogP contribution in [0, 0.1) is 13.8 Å². The van der Waals surface area contributed by atoms with E-state index >= 15 is 0 Å². The third kappa shape index (κ3) is 3.52. The van der Waals surface area contributed by atoms with Gasteiger partial charge in [0.1, 0.15) is 5.69 Å². The van der Waals surface area contributed by atoms with E-state index in [0.717, 1.165) is 57.1 Å². The molecule has 1 aliphatic heterocycles. The minimum absolute atomic E-state index is 0.0513. The molecule has 0 saturated carbocycles. The van der Waals surface area contributed by atoms with Gasteiger partial charge in [-0.15, -0.1) is 0 Å². The monoisotopic (exact) mass is 307 g/mol. The fourth-order valence-electron chi connectivity index (χ4n) is 3.39. The lowest BCUT2D eigenvalue weighted by Gasteiger charge is -2.26. The first-order valence-corrected chi connectivity index (χ1v) is 8.36. The van der Waals surface area contributed by atoms with Crippen molar-refractivity contribution in [3.05, 3.63) is 22.5 Å². The third-order valence-corrected chi connectivity index (χ3v) is 4.62. The van der Waals surface area contributed by atoms with Crippen LogP contribution in [0.3, 0.4) is 0 Å². The van der Waals surface area contributed by atoms with Gasteiger partial charge in [-0.25, -0.2) is 0 Å². The van der Waals surface area contributed by atoms with Crippen LogP contribution in [0.4, 0.5) is 0 Å². The van der Waals surface area contributed by atoms with E-state index in [1.54, 1.807) is 0 Å². The molecule has 0 unspecified atom stereocenters. The first kappa shape index (κ1) is 17.0. The van der Waals surface area contributed by atoms with Crippen LogP contribution < -0.4 is 5.32 Å². The topological polar surface area (TPSA) is 46.5 Å². The Hall–Kier alpha value is -1.33. The molecule has 1 aromatic heterocycles. The summed E-state index contributed by atoms with van der Waals surface area (Å²) in [4.78, 5) is 14.9. The van der Waals surface area contributed by atoms with Crippen molar-refractivity contribution in [2.75, 3.05) is 39.4 Å². The van der Waals surface area contributed by atoms with Gasteiger partial charge in [0, 0.05) is 38.4 Å². The molecular formula is C17H29N3O2. The average molecular weight is 307 g/mol. The second-order valence-electron chi connectivity index (χ2n) is 5.85. The normalized spacial score (nSPS) is 16.0. The summed E-state index contributed by atoms with van der Waals surface area (Å²) in [7, 11) is 0. The summed E-state index contributed by atoms with van der Waals surface area (Å²) in [5.74, 6) is 0.0513. The number of amides is 1. The molecule has 1 saturated heterocycles. The standard InChI is InChI=1S/C17H29N3O2/c1-5-15-13(3)16(20(6-2)14(15)4)17(21)18-7-8-19-9-11-22-12-10-19/h5-12H2,1-4H3,(H,18,21). The zero-order valence-electron chi connectivity index (χ0n) is 14.4. The number of ether oxygens (including phenoxy) is 1. The number of hydrogen-bond donors (Lipinski definition) is 1. The Morgan fingerprint density at radius 1 is 1.23 bits per heavy atom. The molecule has 0 atom stereocenters. The van der Waals surface area contributed by atoms with E-state index in [0.29, 0.717) is 6.54 Å². The molecule has 2 rings (SSSR count). The summed E-state index contributed by atoms with van der Waals surface area (Å²) >= 11 is 0. The van der Waals surface area contributed by atoms with Crippen molar-refractivity contribution in [2.45, 2.75) is 40.7 Å². The summed E-state index contributed by atoms with van der Waals surface area (Å²) in [5.41, 5.74) is 4.49. The van der Waals surface area contributed by atoms with Crippen LogP contribution in [-0.4, -0.2) is 54.8 Å². The molecule has 0 radical (unpaired) electrons. The third-order valence-electron chi connectivity index (χ3n) is 4.62. The average Bonchev–Trinajstić information content (AvgIpc) is 2.78.